The van der Waals surface area contributed by atoms with Crippen LogP contribution < -0.4 is 10.2 Å². The minimum absolute atomic E-state index is 0.197. The quantitative estimate of drug-likeness (QED) is 0.809. The summed E-state index contributed by atoms with van der Waals surface area (Å²) in [6.07, 6.45) is -0.260. The lowest BCUT2D eigenvalue weighted by atomic mass is 10.2. The van der Waals surface area contributed by atoms with Gasteiger partial charge in [-0.25, -0.2) is 23.3 Å². The molecule has 1 aromatic carbocycles. The highest BCUT2D eigenvalue weighted by Gasteiger charge is 2.44. The van der Waals surface area contributed by atoms with Crippen molar-refractivity contribution in [2.75, 3.05) is 11.4 Å². The Balaban J connectivity index is 1.90. The molecule has 1 aliphatic carbocycles. The molecule has 2 N–H and O–H groups in total. The SMILES string of the molecule is O=C(O)N1CC(C(=O)N(c2ccc(F)c(Cl)c2F)C2CC2)NC1=O. The molecular formula is C14H12ClF2N3O4. The van der Waals surface area contributed by atoms with Crippen LogP contribution in [0.3, 0.4) is 0 Å². The average Bonchev–Trinajstić information content (AvgIpc) is 3.28. The van der Waals surface area contributed by atoms with Crippen LogP contribution in [0.1, 0.15) is 12.8 Å². The van der Waals surface area contributed by atoms with Crippen molar-refractivity contribution >= 4 is 35.3 Å². The van der Waals surface area contributed by atoms with Crippen molar-refractivity contribution in [2.45, 2.75) is 24.9 Å². The van der Waals surface area contributed by atoms with Crippen LogP contribution in [0.2, 0.25) is 5.02 Å². The standard InChI is InChI=1S/C14H12ClF2N3O4/c15-10-7(16)3-4-9(11(10)17)20(6-1-2-6)12(21)8-5-19(14(23)24)13(22)18-8/h3-4,6,8H,1-2,5H2,(H,18,22)(H,23,24). The van der Waals surface area contributed by atoms with Gasteiger partial charge in [0.25, 0.3) is 5.91 Å². The van der Waals surface area contributed by atoms with Crippen molar-refractivity contribution in [1.82, 2.24) is 10.2 Å². The van der Waals surface area contributed by atoms with E-state index in [1.54, 1.807) is 0 Å². The van der Waals surface area contributed by atoms with Crippen LogP contribution in [0, 0.1) is 11.6 Å². The van der Waals surface area contributed by atoms with Crippen LogP contribution in [0.4, 0.5) is 24.1 Å². The van der Waals surface area contributed by atoms with Crippen molar-refractivity contribution in [3.05, 3.63) is 28.8 Å². The molecule has 1 aliphatic heterocycles. The third-order valence-electron chi connectivity index (χ3n) is 3.86. The molecule has 128 valence electrons. The van der Waals surface area contributed by atoms with Crippen molar-refractivity contribution in [3.8, 4) is 0 Å². The number of anilines is 1. The smallest absolute Gasteiger partial charge is 0.415 e. The second-order valence-electron chi connectivity index (χ2n) is 5.53. The normalized spacial score (nSPS) is 20.0. The molecule has 1 aromatic rings. The molecule has 2 fully saturated rings. The third-order valence-corrected chi connectivity index (χ3v) is 4.21. The van der Waals surface area contributed by atoms with E-state index in [1.807, 2.05) is 0 Å². The monoisotopic (exact) mass is 359 g/mol. The first-order chi connectivity index (χ1) is 11.3. The van der Waals surface area contributed by atoms with Crippen LogP contribution >= 0.6 is 11.6 Å². The summed E-state index contributed by atoms with van der Waals surface area (Å²) in [5.74, 6) is -2.69. The zero-order chi connectivity index (χ0) is 17.6. The molecule has 4 amide bonds. The van der Waals surface area contributed by atoms with Gasteiger partial charge < -0.3 is 15.3 Å². The van der Waals surface area contributed by atoms with Crippen LogP contribution in [-0.2, 0) is 4.79 Å². The Morgan fingerprint density at radius 2 is 2.00 bits per heavy atom. The first-order valence-electron chi connectivity index (χ1n) is 7.08. The van der Waals surface area contributed by atoms with Gasteiger partial charge in [0.2, 0.25) is 0 Å². The molecule has 1 heterocycles. The largest absolute Gasteiger partial charge is 0.465 e. The Morgan fingerprint density at radius 3 is 2.54 bits per heavy atom. The fraction of sp³-hybridized carbons (Fsp3) is 0.357. The topological polar surface area (TPSA) is 89.9 Å². The summed E-state index contributed by atoms with van der Waals surface area (Å²) in [4.78, 5) is 36.7. The fourth-order valence-corrected chi connectivity index (χ4v) is 2.70. The van der Waals surface area contributed by atoms with Gasteiger partial charge in [-0.2, -0.15) is 0 Å². The van der Waals surface area contributed by atoms with Crippen molar-refractivity contribution in [3.63, 3.8) is 0 Å². The molecule has 2 aliphatic rings. The van der Waals surface area contributed by atoms with Gasteiger partial charge in [-0.05, 0) is 25.0 Å². The van der Waals surface area contributed by atoms with Crippen LogP contribution in [-0.4, -0.2) is 46.7 Å². The lowest BCUT2D eigenvalue weighted by molar-refractivity contribution is -0.120. The molecule has 3 rings (SSSR count). The molecule has 1 unspecified atom stereocenters. The van der Waals surface area contributed by atoms with Crippen molar-refractivity contribution in [1.29, 1.82) is 0 Å². The van der Waals surface area contributed by atoms with Crippen LogP contribution in [0.25, 0.3) is 0 Å². The highest BCUT2D eigenvalue weighted by molar-refractivity contribution is 6.31. The number of carbonyl (C=O) groups is 3. The summed E-state index contributed by atoms with van der Waals surface area (Å²) in [6.45, 7) is -0.382. The number of carboxylic acid groups (broad SMARTS) is 1. The molecule has 0 radical (unpaired) electrons. The Labute approximate surface area is 139 Å². The van der Waals surface area contributed by atoms with E-state index in [4.69, 9.17) is 16.7 Å². The maximum absolute atomic E-state index is 14.3. The molecule has 0 spiro atoms. The molecule has 1 saturated carbocycles. The molecular weight excluding hydrogens is 348 g/mol. The third kappa shape index (κ3) is 2.75. The predicted octanol–water partition coefficient (Wildman–Crippen LogP) is 2.19. The summed E-state index contributed by atoms with van der Waals surface area (Å²) in [6, 6.07) is -0.324. The Hall–Kier alpha value is -2.42. The van der Waals surface area contributed by atoms with Gasteiger partial charge in [0.15, 0.2) is 5.82 Å². The van der Waals surface area contributed by atoms with Gasteiger partial charge >= 0.3 is 12.1 Å². The number of hydrogen-bond acceptors (Lipinski definition) is 3. The Kier molecular flexibility index (Phi) is 4.04. The average molecular weight is 360 g/mol. The summed E-state index contributed by atoms with van der Waals surface area (Å²) < 4.78 is 27.6. The van der Waals surface area contributed by atoms with Crippen molar-refractivity contribution < 1.29 is 28.3 Å². The van der Waals surface area contributed by atoms with E-state index in [2.05, 4.69) is 5.32 Å². The number of halogens is 3. The lowest BCUT2D eigenvalue weighted by Crippen LogP contribution is -2.47. The molecule has 0 aromatic heterocycles. The highest BCUT2D eigenvalue weighted by atomic mass is 35.5. The Morgan fingerprint density at radius 1 is 1.33 bits per heavy atom. The number of hydrogen-bond donors (Lipinski definition) is 2. The van der Waals surface area contributed by atoms with Gasteiger partial charge in [0, 0.05) is 6.04 Å². The highest BCUT2D eigenvalue weighted by Crippen LogP contribution is 2.36. The van der Waals surface area contributed by atoms with Crippen LogP contribution in [0.15, 0.2) is 12.1 Å². The van der Waals surface area contributed by atoms with E-state index in [1.165, 1.54) is 0 Å². The summed E-state index contributed by atoms with van der Waals surface area (Å²) in [5.41, 5.74) is -0.197. The number of amides is 4. The number of benzene rings is 1. The van der Waals surface area contributed by atoms with Crippen LogP contribution in [0.5, 0.6) is 0 Å². The zero-order valence-corrected chi connectivity index (χ0v) is 12.9. The summed E-state index contributed by atoms with van der Waals surface area (Å²) >= 11 is 5.56. The fourth-order valence-electron chi connectivity index (χ4n) is 2.54. The number of urea groups is 1. The van der Waals surface area contributed by atoms with E-state index in [9.17, 15) is 23.2 Å². The maximum Gasteiger partial charge on any atom is 0.415 e. The van der Waals surface area contributed by atoms with Gasteiger partial charge in [0.1, 0.15) is 16.9 Å². The van der Waals surface area contributed by atoms with Gasteiger partial charge in [-0.15, -0.1) is 0 Å². The minimum atomic E-state index is -1.49. The summed E-state index contributed by atoms with van der Waals surface area (Å²) in [7, 11) is 0. The van der Waals surface area contributed by atoms with Gasteiger partial charge in [-0.1, -0.05) is 11.6 Å². The molecule has 7 nitrogen and oxygen atoms in total. The molecule has 1 saturated heterocycles. The van der Waals surface area contributed by atoms with E-state index >= 15 is 0 Å². The molecule has 24 heavy (non-hydrogen) atoms. The number of nitrogens with zero attached hydrogens (tertiary/aromatic N) is 2. The minimum Gasteiger partial charge on any atom is -0.465 e. The number of imide groups is 1. The van der Waals surface area contributed by atoms with E-state index in [0.717, 1.165) is 17.0 Å². The van der Waals surface area contributed by atoms with Gasteiger partial charge in [-0.3, -0.25) is 4.79 Å². The maximum atomic E-state index is 14.3. The molecule has 10 heteroatoms. The number of nitrogens with one attached hydrogen (secondary N) is 1. The lowest BCUT2D eigenvalue weighted by Gasteiger charge is -2.26. The first kappa shape index (κ1) is 16.4. The predicted molar refractivity (Wildman–Crippen MR) is 78.9 cm³/mol. The van der Waals surface area contributed by atoms with E-state index < -0.39 is 40.7 Å². The summed E-state index contributed by atoms with van der Waals surface area (Å²) in [5, 5.41) is 10.4. The number of carbonyl (C=O) groups excluding carboxylic acids is 2. The van der Waals surface area contributed by atoms with Crippen molar-refractivity contribution in [2.24, 2.45) is 0 Å². The number of rotatable bonds is 3. The second kappa shape index (κ2) is 5.90. The molecule has 1 atom stereocenters. The first-order valence-corrected chi connectivity index (χ1v) is 7.46. The van der Waals surface area contributed by atoms with Gasteiger partial charge in [0.05, 0.1) is 12.2 Å². The van der Waals surface area contributed by atoms with E-state index in [-0.39, 0.29) is 18.3 Å². The molecule has 0 bridgehead atoms. The Bertz CT molecular complexity index is 741. The second-order valence-corrected chi connectivity index (χ2v) is 5.91. The van der Waals surface area contributed by atoms with E-state index in [0.29, 0.717) is 17.7 Å². The zero-order valence-electron chi connectivity index (χ0n) is 12.1.